The van der Waals surface area contributed by atoms with Gasteiger partial charge in [-0.3, -0.25) is 4.79 Å². The van der Waals surface area contributed by atoms with Gasteiger partial charge >= 0.3 is 11.9 Å². The molecule has 0 aliphatic rings. The van der Waals surface area contributed by atoms with Crippen LogP contribution in [-0.4, -0.2) is 38.2 Å². The third-order valence-electron chi connectivity index (χ3n) is 2.24. The van der Waals surface area contributed by atoms with Gasteiger partial charge in [0, 0.05) is 12.1 Å². The Bertz CT molecular complexity index is 286. The minimum absolute atomic E-state index is 0.294. The molecule has 0 aromatic carbocycles. The summed E-state index contributed by atoms with van der Waals surface area (Å²) < 4.78 is 9.46. The molecule has 0 aromatic rings. The second kappa shape index (κ2) is 8.75. The monoisotopic (exact) mass is 243 g/mol. The van der Waals surface area contributed by atoms with Crippen LogP contribution in [0.4, 0.5) is 0 Å². The van der Waals surface area contributed by atoms with Gasteiger partial charge in [0.05, 0.1) is 13.7 Å². The summed E-state index contributed by atoms with van der Waals surface area (Å²) in [7, 11) is 1.35. The van der Waals surface area contributed by atoms with E-state index in [1.54, 1.807) is 19.9 Å². The second-order valence-electron chi connectivity index (χ2n) is 3.46. The van der Waals surface area contributed by atoms with Gasteiger partial charge in [-0.1, -0.05) is 13.0 Å². The standard InChI is InChI=1S/C12H21NO4/c1-5-10(12(15)16-4)7-8-13-9(3)11(14)17-6-2/h7,9,13H,5-6,8H2,1-4H3/b10-7-. The average Bonchev–Trinajstić information content (AvgIpc) is 2.33. The molecule has 0 aromatic heterocycles. The van der Waals surface area contributed by atoms with Gasteiger partial charge in [-0.2, -0.15) is 0 Å². The van der Waals surface area contributed by atoms with Crippen LogP contribution in [0, 0.1) is 0 Å². The van der Waals surface area contributed by atoms with Crippen LogP contribution in [0.1, 0.15) is 27.2 Å². The molecular formula is C12H21NO4. The molecule has 0 amide bonds. The van der Waals surface area contributed by atoms with E-state index >= 15 is 0 Å². The number of esters is 2. The maximum atomic E-state index is 11.3. The number of nitrogens with one attached hydrogen (secondary N) is 1. The number of hydrogen-bond acceptors (Lipinski definition) is 5. The second-order valence-corrected chi connectivity index (χ2v) is 3.46. The summed E-state index contributed by atoms with van der Waals surface area (Å²) in [5.41, 5.74) is 0.594. The first-order chi connectivity index (χ1) is 8.06. The largest absolute Gasteiger partial charge is 0.466 e. The summed E-state index contributed by atoms with van der Waals surface area (Å²) in [6, 6.07) is -0.387. The summed E-state index contributed by atoms with van der Waals surface area (Å²) in [5, 5.41) is 2.95. The number of carbonyl (C=O) groups is 2. The Labute approximate surface area is 102 Å². The minimum atomic E-state index is -0.387. The molecule has 98 valence electrons. The van der Waals surface area contributed by atoms with Gasteiger partial charge in [-0.05, 0) is 20.3 Å². The fourth-order valence-electron chi connectivity index (χ4n) is 1.21. The average molecular weight is 243 g/mol. The van der Waals surface area contributed by atoms with Gasteiger partial charge in [0.2, 0.25) is 0 Å². The van der Waals surface area contributed by atoms with E-state index in [1.807, 2.05) is 6.92 Å². The lowest BCUT2D eigenvalue weighted by Crippen LogP contribution is -2.35. The third kappa shape index (κ3) is 6.06. The highest BCUT2D eigenvalue weighted by molar-refractivity contribution is 5.88. The van der Waals surface area contributed by atoms with Crippen molar-refractivity contribution in [3.8, 4) is 0 Å². The van der Waals surface area contributed by atoms with Gasteiger partial charge in [0.1, 0.15) is 6.04 Å². The Kier molecular flexibility index (Phi) is 8.05. The Hall–Kier alpha value is -1.36. The first-order valence-electron chi connectivity index (χ1n) is 5.74. The van der Waals surface area contributed by atoms with E-state index in [4.69, 9.17) is 4.74 Å². The van der Waals surface area contributed by atoms with Crippen LogP contribution in [0.2, 0.25) is 0 Å². The molecule has 0 aliphatic carbocycles. The zero-order chi connectivity index (χ0) is 13.3. The van der Waals surface area contributed by atoms with Gasteiger partial charge in [0.15, 0.2) is 0 Å². The molecule has 1 atom stereocenters. The molecule has 0 saturated carbocycles. The highest BCUT2D eigenvalue weighted by Gasteiger charge is 2.12. The number of methoxy groups -OCH3 is 1. The van der Waals surface area contributed by atoms with Crippen LogP contribution in [0.15, 0.2) is 11.6 Å². The van der Waals surface area contributed by atoms with Crippen LogP contribution >= 0.6 is 0 Å². The van der Waals surface area contributed by atoms with Gasteiger partial charge in [-0.15, -0.1) is 0 Å². The van der Waals surface area contributed by atoms with E-state index in [0.29, 0.717) is 25.1 Å². The molecule has 0 heterocycles. The lowest BCUT2D eigenvalue weighted by molar-refractivity contribution is -0.145. The highest BCUT2D eigenvalue weighted by Crippen LogP contribution is 2.02. The van der Waals surface area contributed by atoms with Gasteiger partial charge in [-0.25, -0.2) is 4.79 Å². The summed E-state index contributed by atoms with van der Waals surface area (Å²) in [4.78, 5) is 22.5. The van der Waals surface area contributed by atoms with E-state index < -0.39 is 0 Å². The molecule has 17 heavy (non-hydrogen) atoms. The Morgan fingerprint density at radius 1 is 1.35 bits per heavy atom. The van der Waals surface area contributed by atoms with E-state index in [0.717, 1.165) is 0 Å². The normalized spacial score (nSPS) is 13.1. The molecule has 0 radical (unpaired) electrons. The first-order valence-corrected chi connectivity index (χ1v) is 5.74. The van der Waals surface area contributed by atoms with Crippen molar-refractivity contribution in [2.75, 3.05) is 20.3 Å². The smallest absolute Gasteiger partial charge is 0.333 e. The molecule has 0 bridgehead atoms. The molecule has 0 spiro atoms. The molecule has 5 heteroatoms. The van der Waals surface area contributed by atoms with E-state index in [2.05, 4.69) is 10.1 Å². The molecule has 1 unspecified atom stereocenters. The zero-order valence-electron chi connectivity index (χ0n) is 10.9. The maximum absolute atomic E-state index is 11.3. The van der Waals surface area contributed by atoms with E-state index in [1.165, 1.54) is 7.11 Å². The predicted octanol–water partition coefficient (Wildman–Crippen LogP) is 1.04. The van der Waals surface area contributed by atoms with Crippen molar-refractivity contribution in [1.82, 2.24) is 5.32 Å². The summed E-state index contributed by atoms with van der Waals surface area (Å²) in [6.45, 7) is 6.14. The molecule has 0 rings (SSSR count). The summed E-state index contributed by atoms with van der Waals surface area (Å²) >= 11 is 0. The first kappa shape index (κ1) is 15.6. The molecule has 0 fully saturated rings. The molecule has 1 N–H and O–H groups in total. The van der Waals surface area contributed by atoms with Gasteiger partial charge < -0.3 is 14.8 Å². The topological polar surface area (TPSA) is 64.6 Å². The van der Waals surface area contributed by atoms with E-state index in [-0.39, 0.29) is 18.0 Å². The van der Waals surface area contributed by atoms with Crippen molar-refractivity contribution in [1.29, 1.82) is 0 Å². The van der Waals surface area contributed by atoms with Crippen LogP contribution in [0.5, 0.6) is 0 Å². The van der Waals surface area contributed by atoms with Crippen LogP contribution in [-0.2, 0) is 19.1 Å². The Balaban J connectivity index is 4.14. The predicted molar refractivity (Wildman–Crippen MR) is 64.5 cm³/mol. The molecule has 5 nitrogen and oxygen atoms in total. The number of rotatable bonds is 7. The number of hydrogen-bond donors (Lipinski definition) is 1. The van der Waals surface area contributed by atoms with Crippen molar-refractivity contribution < 1.29 is 19.1 Å². The summed E-state index contributed by atoms with van der Waals surface area (Å²) in [5.74, 6) is -0.630. The Morgan fingerprint density at radius 3 is 2.47 bits per heavy atom. The van der Waals surface area contributed by atoms with Crippen LogP contribution in [0.25, 0.3) is 0 Å². The fraction of sp³-hybridized carbons (Fsp3) is 0.667. The molecule has 0 saturated heterocycles. The highest BCUT2D eigenvalue weighted by atomic mass is 16.5. The quantitative estimate of drug-likeness (QED) is 0.534. The van der Waals surface area contributed by atoms with Crippen molar-refractivity contribution in [3.63, 3.8) is 0 Å². The van der Waals surface area contributed by atoms with Crippen molar-refractivity contribution in [2.24, 2.45) is 0 Å². The minimum Gasteiger partial charge on any atom is -0.466 e. The van der Waals surface area contributed by atoms with Crippen LogP contribution in [0.3, 0.4) is 0 Å². The van der Waals surface area contributed by atoms with E-state index in [9.17, 15) is 9.59 Å². The lowest BCUT2D eigenvalue weighted by Gasteiger charge is -2.11. The number of ether oxygens (including phenoxy) is 2. The summed E-state index contributed by atoms with van der Waals surface area (Å²) in [6.07, 6.45) is 2.32. The van der Waals surface area contributed by atoms with Crippen molar-refractivity contribution in [2.45, 2.75) is 33.2 Å². The molecule has 0 aliphatic heterocycles. The maximum Gasteiger partial charge on any atom is 0.333 e. The number of carbonyl (C=O) groups excluding carboxylic acids is 2. The lowest BCUT2D eigenvalue weighted by atomic mass is 10.2. The SMILES string of the molecule is CCOC(=O)C(C)NC/C=C(/CC)C(=O)OC. The third-order valence-corrected chi connectivity index (χ3v) is 2.24. The van der Waals surface area contributed by atoms with Gasteiger partial charge in [0.25, 0.3) is 0 Å². The zero-order valence-corrected chi connectivity index (χ0v) is 10.9. The Morgan fingerprint density at radius 2 is 2.00 bits per heavy atom. The van der Waals surface area contributed by atoms with Crippen LogP contribution < -0.4 is 5.32 Å². The molecular weight excluding hydrogens is 222 g/mol. The fourth-order valence-corrected chi connectivity index (χ4v) is 1.21. The van der Waals surface area contributed by atoms with Crippen molar-refractivity contribution in [3.05, 3.63) is 11.6 Å². The van der Waals surface area contributed by atoms with Crippen molar-refractivity contribution >= 4 is 11.9 Å².